The summed E-state index contributed by atoms with van der Waals surface area (Å²) in [7, 11) is 0. The molecule has 3 aromatic rings. The van der Waals surface area contributed by atoms with Gasteiger partial charge in [-0.1, -0.05) is 46.6 Å². The zero-order valence-corrected chi connectivity index (χ0v) is 19.2. The summed E-state index contributed by atoms with van der Waals surface area (Å²) < 4.78 is 0.964. The largest absolute Gasteiger partial charge is 0.325 e. The topological polar surface area (TPSA) is 58.2 Å². The van der Waals surface area contributed by atoms with Crippen LogP contribution >= 0.6 is 27.7 Å². The molecule has 4 nitrogen and oxygen atoms in total. The van der Waals surface area contributed by atoms with Crippen LogP contribution in [0.4, 0.5) is 11.4 Å². The Balaban J connectivity index is 1.66. The number of carbonyl (C=O) groups is 2. The fourth-order valence-corrected chi connectivity index (χ4v) is 4.16. The Labute approximate surface area is 189 Å². The van der Waals surface area contributed by atoms with Gasteiger partial charge in [-0.15, -0.1) is 11.8 Å². The number of hydrogen-bond donors (Lipinski definition) is 2. The Hall–Kier alpha value is -2.57. The van der Waals surface area contributed by atoms with Crippen molar-refractivity contribution >= 4 is 50.9 Å². The van der Waals surface area contributed by atoms with E-state index in [1.807, 2.05) is 80.6 Å². The van der Waals surface area contributed by atoms with Crippen molar-refractivity contribution in [1.82, 2.24) is 0 Å². The van der Waals surface area contributed by atoms with Crippen molar-refractivity contribution in [3.63, 3.8) is 0 Å². The second-order valence-corrected chi connectivity index (χ2v) is 9.05. The van der Waals surface area contributed by atoms with E-state index in [9.17, 15) is 9.59 Å². The number of aryl methyl sites for hydroxylation is 1. The Morgan fingerprint density at radius 1 is 0.933 bits per heavy atom. The molecule has 0 spiro atoms. The lowest BCUT2D eigenvalue weighted by molar-refractivity contribution is -0.115. The second kappa shape index (κ2) is 10.5. The highest BCUT2D eigenvalue weighted by Gasteiger charge is 2.18. The number of nitrogens with one attached hydrogen (secondary N) is 2. The zero-order valence-electron chi connectivity index (χ0n) is 16.8. The lowest BCUT2D eigenvalue weighted by atomic mass is 10.1. The third kappa shape index (κ3) is 6.21. The molecule has 1 atom stereocenters. The first-order chi connectivity index (χ1) is 14.4. The highest BCUT2D eigenvalue weighted by molar-refractivity contribution is 9.10. The SMILES string of the molecule is CCC(Sc1cccc(NC(=O)c2cccc(C)c2)c1)C(=O)Nc1ccc(Br)cc1. The summed E-state index contributed by atoms with van der Waals surface area (Å²) in [4.78, 5) is 26.1. The number of benzene rings is 3. The molecule has 0 fully saturated rings. The first-order valence-corrected chi connectivity index (χ1v) is 11.3. The Kier molecular flexibility index (Phi) is 7.71. The summed E-state index contributed by atoms with van der Waals surface area (Å²) in [5.74, 6) is -0.195. The second-order valence-electron chi connectivity index (χ2n) is 6.86. The van der Waals surface area contributed by atoms with Crippen LogP contribution < -0.4 is 10.6 Å². The summed E-state index contributed by atoms with van der Waals surface area (Å²) in [5, 5.41) is 5.66. The number of hydrogen-bond acceptors (Lipinski definition) is 3. The van der Waals surface area contributed by atoms with Crippen molar-refractivity contribution in [3.05, 3.63) is 88.4 Å². The van der Waals surface area contributed by atoms with Crippen molar-refractivity contribution < 1.29 is 9.59 Å². The van der Waals surface area contributed by atoms with E-state index >= 15 is 0 Å². The normalized spacial score (nSPS) is 11.6. The third-order valence-electron chi connectivity index (χ3n) is 4.43. The van der Waals surface area contributed by atoms with Gasteiger partial charge in [0.1, 0.15) is 0 Å². The van der Waals surface area contributed by atoms with Crippen molar-refractivity contribution in [2.24, 2.45) is 0 Å². The Morgan fingerprint density at radius 2 is 1.67 bits per heavy atom. The highest BCUT2D eigenvalue weighted by atomic mass is 79.9. The van der Waals surface area contributed by atoms with E-state index in [-0.39, 0.29) is 17.1 Å². The molecule has 1 unspecified atom stereocenters. The molecule has 0 aliphatic carbocycles. The number of rotatable bonds is 7. The minimum atomic E-state index is -0.239. The minimum Gasteiger partial charge on any atom is -0.325 e. The van der Waals surface area contributed by atoms with Crippen LogP contribution in [0, 0.1) is 6.92 Å². The van der Waals surface area contributed by atoms with E-state index in [1.54, 1.807) is 6.07 Å². The van der Waals surface area contributed by atoms with E-state index in [2.05, 4.69) is 26.6 Å². The van der Waals surface area contributed by atoms with Gasteiger partial charge in [-0.05, 0) is 67.9 Å². The molecule has 0 aliphatic heterocycles. The maximum absolute atomic E-state index is 12.7. The molecule has 0 aliphatic rings. The predicted octanol–water partition coefficient (Wildman–Crippen LogP) is 6.52. The molecule has 0 heterocycles. The van der Waals surface area contributed by atoms with Gasteiger partial charge in [-0.3, -0.25) is 9.59 Å². The zero-order chi connectivity index (χ0) is 21.5. The number of thioether (sulfide) groups is 1. The molecule has 0 bridgehead atoms. The monoisotopic (exact) mass is 482 g/mol. The van der Waals surface area contributed by atoms with E-state index < -0.39 is 0 Å². The van der Waals surface area contributed by atoms with Gasteiger partial charge in [-0.2, -0.15) is 0 Å². The van der Waals surface area contributed by atoms with Gasteiger partial charge in [0.05, 0.1) is 5.25 Å². The first kappa shape index (κ1) is 22.1. The average Bonchev–Trinajstić information content (AvgIpc) is 2.74. The van der Waals surface area contributed by atoms with Gasteiger partial charge in [0.2, 0.25) is 5.91 Å². The van der Waals surface area contributed by atoms with Crippen LogP contribution in [0.3, 0.4) is 0 Å². The van der Waals surface area contributed by atoms with Gasteiger partial charge in [0.15, 0.2) is 0 Å². The fourth-order valence-electron chi connectivity index (χ4n) is 2.88. The molecule has 6 heteroatoms. The van der Waals surface area contributed by atoms with Crippen molar-refractivity contribution in [1.29, 1.82) is 0 Å². The average molecular weight is 483 g/mol. The molecule has 0 saturated heterocycles. The third-order valence-corrected chi connectivity index (χ3v) is 6.31. The van der Waals surface area contributed by atoms with E-state index in [0.717, 1.165) is 20.6 Å². The Bertz CT molecular complexity index is 1040. The van der Waals surface area contributed by atoms with Crippen LogP contribution in [0.25, 0.3) is 0 Å². The molecule has 0 aromatic heterocycles. The summed E-state index contributed by atoms with van der Waals surface area (Å²) in [5.41, 5.74) is 3.12. The molecule has 30 heavy (non-hydrogen) atoms. The van der Waals surface area contributed by atoms with E-state index in [0.29, 0.717) is 17.7 Å². The van der Waals surface area contributed by atoms with E-state index in [4.69, 9.17) is 0 Å². The first-order valence-electron chi connectivity index (χ1n) is 9.66. The summed E-state index contributed by atoms with van der Waals surface area (Å²) in [6, 6.07) is 22.6. The quantitative estimate of drug-likeness (QED) is 0.376. The minimum absolute atomic E-state index is 0.0426. The molecule has 2 amide bonds. The summed E-state index contributed by atoms with van der Waals surface area (Å²) in [6.45, 7) is 3.94. The molecular weight excluding hydrogens is 460 g/mol. The van der Waals surface area contributed by atoms with Gasteiger partial charge in [0, 0.05) is 26.3 Å². The van der Waals surface area contributed by atoms with Crippen LogP contribution in [0.2, 0.25) is 0 Å². The molecule has 2 N–H and O–H groups in total. The molecule has 0 radical (unpaired) electrons. The molecule has 0 saturated carbocycles. The van der Waals surface area contributed by atoms with Gasteiger partial charge >= 0.3 is 0 Å². The van der Waals surface area contributed by atoms with Crippen molar-refractivity contribution in [2.75, 3.05) is 10.6 Å². The smallest absolute Gasteiger partial charge is 0.255 e. The maximum atomic E-state index is 12.7. The molecule has 3 rings (SSSR count). The fraction of sp³-hybridized carbons (Fsp3) is 0.167. The number of halogens is 1. The number of amides is 2. The molecule has 154 valence electrons. The van der Waals surface area contributed by atoms with Crippen LogP contribution in [-0.2, 0) is 4.79 Å². The van der Waals surface area contributed by atoms with Gasteiger partial charge < -0.3 is 10.6 Å². The lowest BCUT2D eigenvalue weighted by Gasteiger charge is -2.15. The van der Waals surface area contributed by atoms with Crippen LogP contribution in [0.5, 0.6) is 0 Å². The predicted molar refractivity (Wildman–Crippen MR) is 128 cm³/mol. The molecular formula is C24H23BrN2O2S. The molecule has 3 aromatic carbocycles. The van der Waals surface area contributed by atoms with Gasteiger partial charge in [0.25, 0.3) is 5.91 Å². The Morgan fingerprint density at radius 3 is 2.37 bits per heavy atom. The van der Waals surface area contributed by atoms with Crippen LogP contribution in [0.15, 0.2) is 82.2 Å². The number of carbonyl (C=O) groups excluding carboxylic acids is 2. The highest BCUT2D eigenvalue weighted by Crippen LogP contribution is 2.29. The summed E-state index contributed by atoms with van der Waals surface area (Å²) >= 11 is 4.88. The van der Waals surface area contributed by atoms with Crippen LogP contribution in [0.1, 0.15) is 29.3 Å². The summed E-state index contributed by atoms with van der Waals surface area (Å²) in [6.07, 6.45) is 0.687. The standard InChI is InChI=1S/C24H23BrN2O2S/c1-3-22(24(29)26-19-12-10-18(25)11-13-19)30-21-9-5-8-20(15-21)27-23(28)17-7-4-6-16(2)14-17/h4-15,22H,3H2,1-2H3,(H,26,29)(H,27,28). The van der Waals surface area contributed by atoms with Crippen LogP contribution in [-0.4, -0.2) is 17.1 Å². The van der Waals surface area contributed by atoms with Crippen molar-refractivity contribution in [3.8, 4) is 0 Å². The number of anilines is 2. The van der Waals surface area contributed by atoms with Gasteiger partial charge in [-0.25, -0.2) is 0 Å². The maximum Gasteiger partial charge on any atom is 0.255 e. The van der Waals surface area contributed by atoms with E-state index in [1.165, 1.54) is 11.8 Å². The lowest BCUT2D eigenvalue weighted by Crippen LogP contribution is -2.24. The van der Waals surface area contributed by atoms with Crippen molar-refractivity contribution in [2.45, 2.75) is 30.4 Å².